The minimum Gasteiger partial charge on any atom is -0.494 e. The normalized spacial score (nSPS) is 21.8. The number of para-hydroxylation sites is 1. The molecule has 2 fully saturated rings. The van der Waals surface area contributed by atoms with Gasteiger partial charge in [0.05, 0.1) is 24.0 Å². The molecule has 0 aromatic heterocycles. The zero-order chi connectivity index (χ0) is 23.7. The number of hydrogen-bond acceptors (Lipinski definition) is 6. The Labute approximate surface area is 203 Å². The summed E-state index contributed by atoms with van der Waals surface area (Å²) in [6, 6.07) is 24.3. The Morgan fingerprint density at radius 3 is 2.24 bits per heavy atom. The molecule has 0 radical (unpaired) electrons. The number of amides is 2. The Balaban J connectivity index is 1.49. The van der Waals surface area contributed by atoms with E-state index in [4.69, 9.17) is 9.57 Å². The molecule has 3 atom stereocenters. The molecule has 2 heterocycles. The van der Waals surface area contributed by atoms with Gasteiger partial charge in [-0.1, -0.05) is 37.3 Å². The van der Waals surface area contributed by atoms with Crippen LogP contribution >= 0.6 is 11.8 Å². The van der Waals surface area contributed by atoms with E-state index in [0.29, 0.717) is 18.0 Å². The van der Waals surface area contributed by atoms with Gasteiger partial charge in [-0.15, -0.1) is 11.8 Å². The Bertz CT molecular complexity index is 1170. The zero-order valence-corrected chi connectivity index (χ0v) is 19.9. The van der Waals surface area contributed by atoms with Crippen molar-refractivity contribution in [1.82, 2.24) is 0 Å². The van der Waals surface area contributed by atoms with Crippen LogP contribution in [0.3, 0.4) is 0 Å². The molecule has 5 rings (SSSR count). The highest BCUT2D eigenvalue weighted by atomic mass is 32.2. The maximum absolute atomic E-state index is 13.7. The molecule has 2 saturated heterocycles. The van der Waals surface area contributed by atoms with Crippen LogP contribution in [0.4, 0.5) is 11.4 Å². The van der Waals surface area contributed by atoms with Crippen molar-refractivity contribution in [3.8, 4) is 5.75 Å². The van der Waals surface area contributed by atoms with E-state index in [2.05, 4.69) is 0 Å². The highest BCUT2D eigenvalue weighted by Crippen LogP contribution is 2.47. The van der Waals surface area contributed by atoms with E-state index in [1.54, 1.807) is 41.1 Å². The second-order valence-electron chi connectivity index (χ2n) is 8.29. The molecular weight excluding hydrogens is 448 g/mol. The van der Waals surface area contributed by atoms with Crippen molar-refractivity contribution in [2.45, 2.75) is 30.4 Å². The Hall–Kier alpha value is -3.29. The Morgan fingerprint density at radius 2 is 1.59 bits per heavy atom. The van der Waals surface area contributed by atoms with Crippen LogP contribution in [0.1, 0.15) is 24.9 Å². The number of carbonyl (C=O) groups is 2. The molecule has 0 saturated carbocycles. The molecule has 3 aromatic rings. The number of nitrogens with zero attached hydrogens (tertiary/aromatic N) is 2. The van der Waals surface area contributed by atoms with Gasteiger partial charge < -0.3 is 4.74 Å². The molecular formula is C27H26N2O4S. The number of hydrogen-bond donors (Lipinski definition) is 0. The first-order valence-corrected chi connectivity index (χ1v) is 12.6. The van der Waals surface area contributed by atoms with Crippen LogP contribution in [0.2, 0.25) is 0 Å². The fraction of sp³-hybridized carbons (Fsp3) is 0.259. The van der Waals surface area contributed by atoms with Gasteiger partial charge in [-0.2, -0.15) is 0 Å². The van der Waals surface area contributed by atoms with Gasteiger partial charge in [-0.25, -0.2) is 9.96 Å². The molecule has 3 aromatic carbocycles. The molecule has 0 spiro atoms. The monoisotopic (exact) mass is 474 g/mol. The van der Waals surface area contributed by atoms with Gasteiger partial charge in [0.15, 0.2) is 6.10 Å². The SMILES string of the molecule is CCCOc1ccc(N2C(=O)[C@@H]3[C@H](ON(c4ccccc4)[C@H]3c3ccc(SC)cc3)C2=O)cc1. The highest BCUT2D eigenvalue weighted by molar-refractivity contribution is 7.98. The molecule has 34 heavy (non-hydrogen) atoms. The van der Waals surface area contributed by atoms with E-state index in [1.807, 2.05) is 67.8 Å². The number of thioether (sulfide) groups is 1. The molecule has 2 aliphatic rings. The van der Waals surface area contributed by atoms with Crippen molar-refractivity contribution < 1.29 is 19.2 Å². The third-order valence-corrected chi connectivity index (χ3v) is 6.89. The summed E-state index contributed by atoms with van der Waals surface area (Å²) in [6.07, 6.45) is 2.05. The number of fused-ring (bicyclic) bond motifs is 1. The van der Waals surface area contributed by atoms with E-state index in [0.717, 1.165) is 22.6 Å². The third kappa shape index (κ3) is 3.95. The first kappa shape index (κ1) is 22.5. The average molecular weight is 475 g/mol. The summed E-state index contributed by atoms with van der Waals surface area (Å²) in [6.45, 7) is 2.66. The summed E-state index contributed by atoms with van der Waals surface area (Å²) in [5.74, 6) is -0.539. The van der Waals surface area contributed by atoms with Crippen molar-refractivity contribution in [1.29, 1.82) is 0 Å². The molecule has 7 heteroatoms. The fourth-order valence-electron chi connectivity index (χ4n) is 4.52. The molecule has 2 aliphatic heterocycles. The van der Waals surface area contributed by atoms with E-state index in [1.165, 1.54) is 4.90 Å². The topological polar surface area (TPSA) is 59.1 Å². The van der Waals surface area contributed by atoms with Gasteiger partial charge >= 0.3 is 0 Å². The molecule has 2 amide bonds. The summed E-state index contributed by atoms with van der Waals surface area (Å²) in [5, 5.41) is 1.72. The largest absolute Gasteiger partial charge is 0.494 e. The predicted octanol–water partition coefficient (Wildman–Crippen LogP) is 5.25. The maximum atomic E-state index is 13.7. The first-order chi connectivity index (χ1) is 16.6. The second-order valence-corrected chi connectivity index (χ2v) is 9.17. The molecule has 0 bridgehead atoms. The minimum absolute atomic E-state index is 0.255. The standard InChI is InChI=1S/C27H26N2O4S/c1-3-17-32-21-13-11-19(12-14-21)28-26(30)23-24(18-9-15-22(34-2)16-10-18)29(33-25(23)27(28)31)20-7-5-4-6-8-20/h4-16,23-25H,3,17H2,1-2H3/t23-,24-,25-/m0/s1. The van der Waals surface area contributed by atoms with Crippen LogP contribution in [0, 0.1) is 5.92 Å². The van der Waals surface area contributed by atoms with Gasteiger partial charge in [0, 0.05) is 4.90 Å². The van der Waals surface area contributed by atoms with Crippen LogP contribution in [-0.4, -0.2) is 30.8 Å². The number of imide groups is 1. The maximum Gasteiger partial charge on any atom is 0.266 e. The van der Waals surface area contributed by atoms with Crippen molar-refractivity contribution >= 4 is 35.0 Å². The predicted molar refractivity (Wildman–Crippen MR) is 133 cm³/mol. The van der Waals surface area contributed by atoms with Crippen molar-refractivity contribution in [2.24, 2.45) is 5.92 Å². The zero-order valence-electron chi connectivity index (χ0n) is 19.1. The van der Waals surface area contributed by atoms with Crippen LogP contribution in [0.15, 0.2) is 83.8 Å². The Morgan fingerprint density at radius 1 is 0.882 bits per heavy atom. The van der Waals surface area contributed by atoms with Crippen molar-refractivity contribution in [2.75, 3.05) is 22.8 Å². The lowest BCUT2D eigenvalue weighted by Crippen LogP contribution is -2.37. The van der Waals surface area contributed by atoms with Crippen LogP contribution in [0.25, 0.3) is 0 Å². The van der Waals surface area contributed by atoms with Crippen molar-refractivity contribution in [3.05, 3.63) is 84.4 Å². The van der Waals surface area contributed by atoms with Gasteiger partial charge in [0.2, 0.25) is 5.91 Å². The number of benzene rings is 3. The number of hydroxylamine groups is 1. The summed E-state index contributed by atoms with van der Waals surface area (Å²) in [5.41, 5.74) is 2.26. The summed E-state index contributed by atoms with van der Waals surface area (Å²) < 4.78 is 5.64. The van der Waals surface area contributed by atoms with Gasteiger partial charge in [0.1, 0.15) is 11.7 Å². The number of ether oxygens (including phenoxy) is 1. The third-order valence-electron chi connectivity index (χ3n) is 6.15. The van der Waals surface area contributed by atoms with Gasteiger partial charge in [-0.3, -0.25) is 14.4 Å². The van der Waals surface area contributed by atoms with Crippen LogP contribution in [-0.2, 0) is 14.4 Å². The lowest BCUT2D eigenvalue weighted by atomic mass is 9.90. The van der Waals surface area contributed by atoms with Gasteiger partial charge in [-0.05, 0) is 66.8 Å². The molecule has 174 valence electrons. The lowest BCUT2D eigenvalue weighted by molar-refractivity contribution is -0.126. The quantitative estimate of drug-likeness (QED) is 0.344. The fourth-order valence-corrected chi connectivity index (χ4v) is 4.93. The number of carbonyl (C=O) groups excluding carboxylic acids is 2. The minimum atomic E-state index is -0.881. The molecule has 6 nitrogen and oxygen atoms in total. The van der Waals surface area contributed by atoms with E-state index in [9.17, 15) is 9.59 Å². The summed E-state index contributed by atoms with van der Waals surface area (Å²) >= 11 is 1.66. The molecule has 0 unspecified atom stereocenters. The number of anilines is 2. The highest BCUT2D eigenvalue weighted by Gasteiger charge is 2.60. The van der Waals surface area contributed by atoms with Gasteiger partial charge in [0.25, 0.3) is 5.91 Å². The molecule has 0 N–H and O–H groups in total. The summed E-state index contributed by atoms with van der Waals surface area (Å²) in [7, 11) is 0. The number of rotatable bonds is 7. The van der Waals surface area contributed by atoms with Crippen molar-refractivity contribution in [3.63, 3.8) is 0 Å². The van der Waals surface area contributed by atoms with Crippen LogP contribution < -0.4 is 14.7 Å². The van der Waals surface area contributed by atoms with E-state index < -0.39 is 18.1 Å². The summed E-state index contributed by atoms with van der Waals surface area (Å²) in [4.78, 5) is 35.7. The smallest absolute Gasteiger partial charge is 0.266 e. The Kier molecular flexibility index (Phi) is 6.30. The van der Waals surface area contributed by atoms with Crippen LogP contribution in [0.5, 0.6) is 5.75 Å². The van der Waals surface area contributed by atoms with E-state index >= 15 is 0 Å². The second kappa shape index (κ2) is 9.52. The van der Waals surface area contributed by atoms with E-state index in [-0.39, 0.29) is 11.8 Å². The average Bonchev–Trinajstić information content (AvgIpc) is 3.39. The molecule has 0 aliphatic carbocycles. The lowest BCUT2D eigenvalue weighted by Gasteiger charge is -2.28. The first-order valence-electron chi connectivity index (χ1n) is 11.4.